The van der Waals surface area contributed by atoms with Gasteiger partial charge in [0.15, 0.2) is 0 Å². The Morgan fingerprint density at radius 3 is 2.96 bits per heavy atom. The van der Waals surface area contributed by atoms with E-state index in [9.17, 15) is 4.79 Å². The minimum Gasteiger partial charge on any atom is -0.321 e. The van der Waals surface area contributed by atoms with Crippen LogP contribution < -0.4 is 5.32 Å². The van der Waals surface area contributed by atoms with Crippen LogP contribution in [-0.4, -0.2) is 52.6 Å². The molecule has 0 spiro atoms. The number of thioether (sulfide) groups is 1. The second-order valence-electron chi connectivity index (χ2n) is 6.19. The van der Waals surface area contributed by atoms with E-state index in [1.54, 1.807) is 23.0 Å². The molecule has 1 N–H and O–H groups in total. The molecule has 1 amide bonds. The van der Waals surface area contributed by atoms with Gasteiger partial charge in [0.1, 0.15) is 5.88 Å². The number of hydrogen-bond acceptors (Lipinski definition) is 6. The summed E-state index contributed by atoms with van der Waals surface area (Å²) in [5.41, 5.74) is 1.04. The zero-order valence-electron chi connectivity index (χ0n) is 12.9. The fourth-order valence-electron chi connectivity index (χ4n) is 3.47. The molecule has 3 fully saturated rings. The molecule has 23 heavy (non-hydrogen) atoms. The number of nitrogens with one attached hydrogen (secondary N) is 1. The van der Waals surface area contributed by atoms with Gasteiger partial charge in [-0.1, -0.05) is 17.8 Å². The van der Waals surface area contributed by atoms with E-state index in [-0.39, 0.29) is 12.1 Å². The van der Waals surface area contributed by atoms with Crippen LogP contribution in [0.1, 0.15) is 18.4 Å². The summed E-state index contributed by atoms with van der Waals surface area (Å²) < 4.78 is 0. The number of amides is 1. The zero-order valence-corrected chi connectivity index (χ0v) is 13.7. The van der Waals surface area contributed by atoms with Gasteiger partial charge in [-0.3, -0.25) is 4.98 Å². The van der Waals surface area contributed by atoms with Gasteiger partial charge < -0.3 is 15.1 Å². The van der Waals surface area contributed by atoms with Gasteiger partial charge in [0.05, 0.1) is 6.20 Å². The SMILES string of the molecule is O=C(NC1CN2CCC1CC2)ON1C=C(c2cccnc2)SC1. The van der Waals surface area contributed by atoms with Crippen molar-refractivity contribution in [2.24, 2.45) is 5.92 Å². The van der Waals surface area contributed by atoms with E-state index in [4.69, 9.17) is 4.84 Å². The second-order valence-corrected chi connectivity index (χ2v) is 7.18. The predicted octanol–water partition coefficient (Wildman–Crippen LogP) is 2.12. The van der Waals surface area contributed by atoms with E-state index in [2.05, 4.69) is 15.2 Å². The molecule has 0 aliphatic carbocycles. The lowest BCUT2D eigenvalue weighted by Crippen LogP contribution is -2.57. The molecule has 1 aromatic heterocycles. The minimum atomic E-state index is -0.354. The molecule has 1 aromatic rings. The lowest BCUT2D eigenvalue weighted by atomic mass is 9.84. The number of fused-ring (bicyclic) bond motifs is 3. The Bertz CT molecular complexity index is 601. The number of piperidine rings is 3. The van der Waals surface area contributed by atoms with Crippen molar-refractivity contribution in [3.05, 3.63) is 36.3 Å². The van der Waals surface area contributed by atoms with Gasteiger partial charge in [0, 0.05) is 35.4 Å². The number of carbonyl (C=O) groups excluding carboxylic acids is 1. The van der Waals surface area contributed by atoms with Crippen molar-refractivity contribution in [3.63, 3.8) is 0 Å². The molecule has 6 nitrogen and oxygen atoms in total. The van der Waals surface area contributed by atoms with E-state index in [0.717, 1.165) is 30.1 Å². The number of pyridine rings is 1. The first kappa shape index (κ1) is 14.8. The summed E-state index contributed by atoms with van der Waals surface area (Å²) in [5.74, 6) is 1.21. The summed E-state index contributed by atoms with van der Waals surface area (Å²) in [6, 6.07) is 4.13. The van der Waals surface area contributed by atoms with Crippen molar-refractivity contribution in [2.45, 2.75) is 18.9 Å². The normalized spacial score (nSPS) is 29.3. The molecule has 5 heterocycles. The first-order chi connectivity index (χ1) is 11.3. The highest BCUT2D eigenvalue weighted by Gasteiger charge is 2.35. The molecule has 0 saturated carbocycles. The van der Waals surface area contributed by atoms with Crippen LogP contribution in [0, 0.1) is 5.92 Å². The summed E-state index contributed by atoms with van der Waals surface area (Å²) >= 11 is 1.64. The fraction of sp³-hybridized carbons (Fsp3) is 0.500. The van der Waals surface area contributed by atoms with Gasteiger partial charge in [-0.15, -0.1) is 0 Å². The summed E-state index contributed by atoms with van der Waals surface area (Å²) in [4.78, 5) is 25.2. The zero-order chi connectivity index (χ0) is 15.6. The van der Waals surface area contributed by atoms with Gasteiger partial charge in [-0.05, 0) is 37.9 Å². The van der Waals surface area contributed by atoms with Crippen LogP contribution in [-0.2, 0) is 4.84 Å². The Kier molecular flexibility index (Phi) is 4.13. The Hall–Kier alpha value is -1.73. The first-order valence-electron chi connectivity index (χ1n) is 8.00. The van der Waals surface area contributed by atoms with Crippen LogP contribution in [0.25, 0.3) is 4.91 Å². The third-order valence-electron chi connectivity index (χ3n) is 4.71. The van der Waals surface area contributed by atoms with Gasteiger partial charge >= 0.3 is 6.09 Å². The van der Waals surface area contributed by atoms with Gasteiger partial charge in [-0.2, -0.15) is 0 Å². The smallest absolute Gasteiger partial charge is 0.321 e. The molecule has 2 bridgehead atoms. The molecule has 4 aliphatic rings. The Balaban J connectivity index is 1.32. The summed E-state index contributed by atoms with van der Waals surface area (Å²) in [7, 11) is 0. The highest BCUT2D eigenvalue weighted by Crippen LogP contribution is 2.34. The number of hydrogen-bond donors (Lipinski definition) is 1. The van der Waals surface area contributed by atoms with Crippen molar-refractivity contribution in [3.8, 4) is 0 Å². The third-order valence-corrected chi connectivity index (χ3v) is 5.75. The van der Waals surface area contributed by atoms with Crippen LogP contribution in [0.4, 0.5) is 4.79 Å². The van der Waals surface area contributed by atoms with Gasteiger partial charge in [-0.25, -0.2) is 9.86 Å². The van der Waals surface area contributed by atoms with E-state index in [0.29, 0.717) is 11.8 Å². The largest absolute Gasteiger partial charge is 0.431 e. The second kappa shape index (κ2) is 6.41. The summed E-state index contributed by atoms with van der Waals surface area (Å²) in [6.07, 6.45) is 7.42. The molecular formula is C16H20N4O2S. The molecule has 7 heteroatoms. The maximum Gasteiger partial charge on any atom is 0.431 e. The van der Waals surface area contributed by atoms with Crippen LogP contribution in [0.15, 0.2) is 30.7 Å². The van der Waals surface area contributed by atoms with Crippen molar-refractivity contribution in [1.82, 2.24) is 20.3 Å². The lowest BCUT2D eigenvalue weighted by Gasteiger charge is -2.44. The lowest BCUT2D eigenvalue weighted by molar-refractivity contribution is -0.0442. The molecular weight excluding hydrogens is 312 g/mol. The average molecular weight is 332 g/mol. The molecule has 0 aromatic carbocycles. The molecule has 1 atom stereocenters. The fourth-order valence-corrected chi connectivity index (χ4v) is 4.34. The van der Waals surface area contributed by atoms with E-state index >= 15 is 0 Å². The third kappa shape index (κ3) is 3.30. The summed E-state index contributed by atoms with van der Waals surface area (Å²) in [5, 5.41) is 4.62. The number of hydroxylamine groups is 2. The predicted molar refractivity (Wildman–Crippen MR) is 89.1 cm³/mol. The highest BCUT2D eigenvalue weighted by atomic mass is 32.2. The van der Waals surface area contributed by atoms with E-state index < -0.39 is 0 Å². The molecule has 4 aliphatic heterocycles. The maximum absolute atomic E-state index is 12.1. The molecule has 3 saturated heterocycles. The highest BCUT2D eigenvalue weighted by molar-refractivity contribution is 8.08. The molecule has 5 rings (SSSR count). The topological polar surface area (TPSA) is 57.7 Å². The van der Waals surface area contributed by atoms with E-state index in [1.807, 2.05) is 24.5 Å². The van der Waals surface area contributed by atoms with Crippen molar-refractivity contribution in [1.29, 1.82) is 0 Å². The Labute approximate surface area is 139 Å². The van der Waals surface area contributed by atoms with Gasteiger partial charge in [0.25, 0.3) is 0 Å². The number of aromatic nitrogens is 1. The van der Waals surface area contributed by atoms with Crippen LogP contribution in [0.5, 0.6) is 0 Å². The molecule has 1 unspecified atom stereocenters. The van der Waals surface area contributed by atoms with Crippen LogP contribution >= 0.6 is 11.8 Å². The average Bonchev–Trinajstić information content (AvgIpc) is 3.05. The van der Waals surface area contributed by atoms with Crippen LogP contribution in [0.3, 0.4) is 0 Å². The first-order valence-corrected chi connectivity index (χ1v) is 8.99. The Morgan fingerprint density at radius 2 is 2.26 bits per heavy atom. The van der Waals surface area contributed by atoms with E-state index in [1.165, 1.54) is 12.8 Å². The molecule has 0 radical (unpaired) electrons. The number of nitrogens with zero attached hydrogens (tertiary/aromatic N) is 3. The molecule has 122 valence electrons. The van der Waals surface area contributed by atoms with Gasteiger partial charge in [0.2, 0.25) is 0 Å². The monoisotopic (exact) mass is 332 g/mol. The number of rotatable bonds is 3. The van der Waals surface area contributed by atoms with Crippen molar-refractivity contribution >= 4 is 22.8 Å². The van der Waals surface area contributed by atoms with Crippen LogP contribution in [0.2, 0.25) is 0 Å². The quantitative estimate of drug-likeness (QED) is 0.915. The standard InChI is InChI=1S/C16H20N4O2S/c21-16(18-14-9-19-6-3-12(14)4-7-19)22-20-10-15(23-11-20)13-2-1-5-17-8-13/h1-2,5,8,10,12,14H,3-4,6-7,9,11H2,(H,18,21). The van der Waals surface area contributed by atoms with Crippen molar-refractivity contribution < 1.29 is 9.63 Å². The Morgan fingerprint density at radius 1 is 1.39 bits per heavy atom. The van der Waals surface area contributed by atoms with Crippen molar-refractivity contribution in [2.75, 3.05) is 25.5 Å². The maximum atomic E-state index is 12.1. The minimum absolute atomic E-state index is 0.224. The number of carbonyl (C=O) groups is 1. The summed E-state index contributed by atoms with van der Waals surface area (Å²) in [6.45, 7) is 3.28.